The van der Waals surface area contributed by atoms with Gasteiger partial charge in [0.05, 0.1) is 11.5 Å². The molecule has 35 heavy (non-hydrogen) atoms. The molecule has 1 N–H and O–H groups in total. The number of aliphatic hydroxyl groups is 1. The fourth-order valence-corrected chi connectivity index (χ4v) is 4.97. The molecule has 0 saturated carbocycles. The molecule has 4 rings (SSSR count). The first-order valence-electron chi connectivity index (χ1n) is 11.2. The zero-order valence-electron chi connectivity index (χ0n) is 19.9. The second-order valence-corrected chi connectivity index (χ2v) is 9.09. The van der Waals surface area contributed by atoms with Gasteiger partial charge in [-0.05, 0) is 45.0 Å². The molecule has 1 aromatic heterocycles. The van der Waals surface area contributed by atoms with Gasteiger partial charge < -0.3 is 14.4 Å². The van der Waals surface area contributed by atoms with Crippen molar-refractivity contribution >= 4 is 45.7 Å². The molecule has 1 amide bonds. The molecule has 2 aromatic carbocycles. The number of amides is 1. The van der Waals surface area contributed by atoms with Gasteiger partial charge in [-0.3, -0.25) is 4.79 Å². The normalized spacial score (nSPS) is 15.9. The van der Waals surface area contributed by atoms with Gasteiger partial charge in [0, 0.05) is 34.3 Å². The summed E-state index contributed by atoms with van der Waals surface area (Å²) >= 11 is 1.08. The van der Waals surface area contributed by atoms with Crippen LogP contribution in [0.15, 0.2) is 82.4 Å². The zero-order chi connectivity index (χ0) is 25.1. The molecule has 0 spiro atoms. The summed E-state index contributed by atoms with van der Waals surface area (Å²) in [5.74, 6) is -1.46. The number of ether oxygens (including phenoxy) is 1. The topological polar surface area (TPSA) is 80.9 Å². The average Bonchev–Trinajstić information content (AvgIpc) is 3.29. The van der Waals surface area contributed by atoms with Crippen LogP contribution in [0.3, 0.4) is 0 Å². The van der Waals surface area contributed by atoms with E-state index in [4.69, 9.17) is 4.74 Å². The molecule has 1 aliphatic rings. The number of esters is 1. The third kappa shape index (κ3) is 4.72. The van der Waals surface area contributed by atoms with Crippen molar-refractivity contribution < 1.29 is 19.4 Å². The van der Waals surface area contributed by atoms with Crippen molar-refractivity contribution in [3.05, 3.63) is 99.8 Å². The Balaban J connectivity index is 1.82. The molecule has 7 heteroatoms. The quantitative estimate of drug-likeness (QED) is 0.334. The van der Waals surface area contributed by atoms with Gasteiger partial charge >= 0.3 is 5.97 Å². The third-order valence-electron chi connectivity index (χ3n) is 5.74. The van der Waals surface area contributed by atoms with E-state index >= 15 is 0 Å². The van der Waals surface area contributed by atoms with Gasteiger partial charge in [0.25, 0.3) is 5.91 Å². The summed E-state index contributed by atoms with van der Waals surface area (Å²) in [6, 6.07) is 15.0. The summed E-state index contributed by atoms with van der Waals surface area (Å²) in [5.41, 5.74) is 4.25. The van der Waals surface area contributed by atoms with E-state index in [-0.39, 0.29) is 23.0 Å². The lowest BCUT2D eigenvalue weighted by atomic mass is 10.1. The van der Waals surface area contributed by atoms with Crippen LogP contribution >= 0.6 is 11.8 Å². The number of thioether (sulfide) groups is 1. The highest BCUT2D eigenvalue weighted by Crippen LogP contribution is 2.41. The first kappa shape index (κ1) is 24.3. The van der Waals surface area contributed by atoms with Crippen LogP contribution in [0.5, 0.6) is 0 Å². The zero-order valence-corrected chi connectivity index (χ0v) is 20.7. The number of carbonyl (C=O) groups is 2. The number of aliphatic imine (C=N–C) groups is 1. The molecule has 0 saturated heterocycles. The molecule has 3 aromatic rings. The van der Waals surface area contributed by atoms with Crippen LogP contribution in [0.2, 0.25) is 0 Å². The lowest BCUT2D eigenvalue weighted by molar-refractivity contribution is -0.138. The van der Waals surface area contributed by atoms with Gasteiger partial charge in [-0.15, -0.1) is 6.58 Å². The monoisotopic (exact) mass is 486 g/mol. The van der Waals surface area contributed by atoms with Crippen molar-refractivity contribution in [3.8, 4) is 0 Å². The lowest BCUT2D eigenvalue weighted by Gasteiger charge is -2.04. The second-order valence-electron chi connectivity index (χ2n) is 8.06. The Hall–Kier alpha value is -3.84. The Labute approximate surface area is 208 Å². The predicted octanol–water partition coefficient (Wildman–Crippen LogP) is 6.15. The highest BCUT2D eigenvalue weighted by molar-refractivity contribution is 8.18. The number of fused-ring (bicyclic) bond motifs is 1. The minimum absolute atomic E-state index is 0.101. The number of rotatable bonds is 6. The number of allylic oxidation sites excluding steroid dienone is 1. The van der Waals surface area contributed by atoms with Crippen molar-refractivity contribution in [2.24, 2.45) is 4.99 Å². The van der Waals surface area contributed by atoms with E-state index < -0.39 is 11.9 Å². The third-order valence-corrected chi connectivity index (χ3v) is 6.76. The number of aromatic nitrogens is 1. The summed E-state index contributed by atoms with van der Waals surface area (Å²) in [4.78, 5) is 30.1. The van der Waals surface area contributed by atoms with Crippen LogP contribution in [-0.4, -0.2) is 33.2 Å². The summed E-state index contributed by atoms with van der Waals surface area (Å²) in [7, 11) is 0. The van der Waals surface area contributed by atoms with Crippen molar-refractivity contribution in [2.75, 3.05) is 6.61 Å². The highest BCUT2D eigenvalue weighted by Gasteiger charge is 2.34. The van der Waals surface area contributed by atoms with Crippen LogP contribution in [0.25, 0.3) is 17.0 Å². The van der Waals surface area contributed by atoms with Gasteiger partial charge in [0.15, 0.2) is 0 Å². The predicted molar refractivity (Wildman–Crippen MR) is 142 cm³/mol. The first-order chi connectivity index (χ1) is 16.8. The molecular weight excluding hydrogens is 460 g/mol. The molecule has 0 bridgehead atoms. The number of aliphatic hydroxyl groups excluding tert-OH is 1. The van der Waals surface area contributed by atoms with Gasteiger partial charge in [0.1, 0.15) is 16.4 Å². The Morgan fingerprint density at radius 1 is 1.14 bits per heavy atom. The molecule has 0 radical (unpaired) electrons. The molecule has 1 aliphatic heterocycles. The largest absolute Gasteiger partial charge is 0.506 e. The van der Waals surface area contributed by atoms with Crippen LogP contribution in [0.1, 0.15) is 34.1 Å². The fourth-order valence-electron chi connectivity index (χ4n) is 3.98. The Morgan fingerprint density at radius 3 is 2.54 bits per heavy atom. The molecule has 6 nitrogen and oxygen atoms in total. The van der Waals surface area contributed by atoms with E-state index in [2.05, 4.69) is 16.1 Å². The maximum absolute atomic E-state index is 12.8. The van der Waals surface area contributed by atoms with Gasteiger partial charge in [-0.1, -0.05) is 53.7 Å². The highest BCUT2D eigenvalue weighted by atomic mass is 32.2. The smallest absolute Gasteiger partial charge is 0.344 e. The minimum Gasteiger partial charge on any atom is -0.506 e. The number of nitrogens with zero attached hydrogens (tertiary/aromatic N) is 2. The van der Waals surface area contributed by atoms with Gasteiger partial charge in [-0.25, -0.2) is 9.79 Å². The van der Waals surface area contributed by atoms with E-state index in [0.29, 0.717) is 17.0 Å². The molecule has 178 valence electrons. The number of benzene rings is 2. The van der Waals surface area contributed by atoms with Crippen molar-refractivity contribution in [3.63, 3.8) is 0 Å². The summed E-state index contributed by atoms with van der Waals surface area (Å²) in [5, 5.41) is 12.2. The second kappa shape index (κ2) is 10.2. The Kier molecular flexibility index (Phi) is 7.07. The number of para-hydroxylation sites is 1. The van der Waals surface area contributed by atoms with E-state index in [9.17, 15) is 14.7 Å². The minimum atomic E-state index is -0.720. The van der Waals surface area contributed by atoms with Crippen molar-refractivity contribution in [1.82, 2.24) is 4.57 Å². The number of hydrogen-bond donors (Lipinski definition) is 1. The van der Waals surface area contributed by atoms with Gasteiger partial charge in [0.2, 0.25) is 0 Å². The SMILES string of the molecule is C=CCn1c(C)c(/C=C2\SC(=NC(=O)c3ccc(C)cc3)C(C(=O)OCC)=C2O)c2ccccc21. The number of hydrogen-bond acceptors (Lipinski definition) is 5. The number of carbonyl (C=O) groups excluding carboxylic acids is 2. The Morgan fingerprint density at radius 2 is 1.86 bits per heavy atom. The summed E-state index contributed by atoms with van der Waals surface area (Å²) < 4.78 is 7.29. The first-order valence-corrected chi connectivity index (χ1v) is 12.1. The maximum atomic E-state index is 12.8. The summed E-state index contributed by atoms with van der Waals surface area (Å²) in [6.45, 7) is 10.2. The number of aryl methyl sites for hydroxylation is 1. The molecule has 0 unspecified atom stereocenters. The lowest BCUT2D eigenvalue weighted by Crippen LogP contribution is -2.14. The van der Waals surface area contributed by atoms with Crippen LogP contribution in [0.4, 0.5) is 0 Å². The van der Waals surface area contributed by atoms with Crippen LogP contribution in [-0.2, 0) is 16.1 Å². The van der Waals surface area contributed by atoms with E-state index in [1.165, 1.54) is 0 Å². The fraction of sp³-hybridized carbons (Fsp3) is 0.179. The van der Waals surface area contributed by atoms with Crippen molar-refractivity contribution in [2.45, 2.75) is 27.3 Å². The van der Waals surface area contributed by atoms with E-state index in [0.717, 1.165) is 39.5 Å². The summed E-state index contributed by atoms with van der Waals surface area (Å²) in [6.07, 6.45) is 3.66. The van der Waals surface area contributed by atoms with Crippen LogP contribution in [0, 0.1) is 13.8 Å². The Bertz CT molecular complexity index is 1430. The van der Waals surface area contributed by atoms with E-state index in [1.807, 2.05) is 62.4 Å². The maximum Gasteiger partial charge on any atom is 0.344 e. The molecular formula is C28H26N2O4S. The van der Waals surface area contributed by atoms with Gasteiger partial charge in [-0.2, -0.15) is 0 Å². The molecule has 0 fully saturated rings. The molecule has 0 atom stereocenters. The van der Waals surface area contributed by atoms with E-state index in [1.54, 1.807) is 19.1 Å². The standard InChI is InChI=1S/C28H26N2O4S/c1-5-15-30-18(4)21(20-9-7-8-10-22(20)30)16-23-25(31)24(28(33)34-6-2)27(35-23)29-26(32)19-13-11-17(3)12-14-19/h5,7-14,16,31H,1,6,15H2,2-4H3/b23-16-,29-27?. The molecule has 2 heterocycles. The van der Waals surface area contributed by atoms with Crippen molar-refractivity contribution in [1.29, 1.82) is 0 Å². The average molecular weight is 487 g/mol. The van der Waals surface area contributed by atoms with Crippen LogP contribution < -0.4 is 0 Å². The molecule has 0 aliphatic carbocycles.